The van der Waals surface area contributed by atoms with E-state index in [1.807, 2.05) is 28.8 Å². The van der Waals surface area contributed by atoms with E-state index in [2.05, 4.69) is 15.0 Å². The second kappa shape index (κ2) is 5.15. The van der Waals surface area contributed by atoms with Gasteiger partial charge in [0.1, 0.15) is 12.2 Å². The summed E-state index contributed by atoms with van der Waals surface area (Å²) >= 11 is 12.0. The summed E-state index contributed by atoms with van der Waals surface area (Å²) in [7, 11) is 0. The molecule has 0 N–H and O–H groups in total. The van der Waals surface area contributed by atoms with Crippen LogP contribution < -0.4 is 0 Å². The van der Waals surface area contributed by atoms with Crippen molar-refractivity contribution in [2.24, 2.45) is 0 Å². The molecule has 0 saturated carbocycles. The van der Waals surface area contributed by atoms with Gasteiger partial charge in [-0.3, -0.25) is 0 Å². The van der Waals surface area contributed by atoms with Crippen molar-refractivity contribution in [1.29, 1.82) is 0 Å². The highest BCUT2D eigenvalue weighted by atomic mass is 35.5. The lowest BCUT2D eigenvalue weighted by atomic mass is 10.3. The molecule has 0 aliphatic rings. The van der Waals surface area contributed by atoms with E-state index in [1.54, 1.807) is 6.20 Å². The number of hydrogen-bond acceptors (Lipinski definition) is 3. The van der Waals surface area contributed by atoms with E-state index in [4.69, 9.17) is 23.2 Å². The predicted octanol–water partition coefficient (Wildman–Crippen LogP) is 3.27. The first-order valence-corrected chi connectivity index (χ1v) is 6.64. The van der Waals surface area contributed by atoms with Gasteiger partial charge in [0, 0.05) is 11.2 Å². The molecular weight excluding hydrogens is 283 g/mol. The van der Waals surface area contributed by atoms with E-state index in [0.717, 1.165) is 22.6 Å². The average Bonchev–Trinajstić information content (AvgIpc) is 2.78. The van der Waals surface area contributed by atoms with Gasteiger partial charge in [0.25, 0.3) is 0 Å². The van der Waals surface area contributed by atoms with Gasteiger partial charge in [-0.25, -0.2) is 15.0 Å². The Hall–Kier alpha value is -1.65. The van der Waals surface area contributed by atoms with Crippen LogP contribution in [0.5, 0.6) is 0 Å². The zero-order valence-corrected chi connectivity index (χ0v) is 11.4. The van der Waals surface area contributed by atoms with Crippen LogP contribution in [0.2, 0.25) is 5.02 Å². The van der Waals surface area contributed by atoms with Crippen molar-refractivity contribution in [3.63, 3.8) is 0 Å². The molecule has 6 heteroatoms. The Bertz CT molecular complexity index is 709. The second-order valence-corrected chi connectivity index (χ2v) is 4.79. The van der Waals surface area contributed by atoms with Gasteiger partial charge < -0.3 is 4.57 Å². The van der Waals surface area contributed by atoms with Crippen LogP contribution in [0.1, 0.15) is 11.5 Å². The van der Waals surface area contributed by atoms with E-state index >= 15 is 0 Å². The first-order chi connectivity index (χ1) is 9.28. The van der Waals surface area contributed by atoms with E-state index in [9.17, 15) is 0 Å². The molecular formula is C13H10Cl2N4. The van der Waals surface area contributed by atoms with Crippen LogP contribution in [-0.4, -0.2) is 19.5 Å². The van der Waals surface area contributed by atoms with Crippen molar-refractivity contribution in [1.82, 2.24) is 19.5 Å². The molecule has 3 aromatic rings. The third-order valence-corrected chi connectivity index (χ3v) is 3.35. The van der Waals surface area contributed by atoms with Gasteiger partial charge >= 0.3 is 0 Å². The minimum Gasteiger partial charge on any atom is -0.321 e. The quantitative estimate of drug-likeness (QED) is 0.696. The maximum absolute atomic E-state index is 6.05. The van der Waals surface area contributed by atoms with Crippen molar-refractivity contribution < 1.29 is 0 Å². The Kier molecular flexibility index (Phi) is 3.36. The molecule has 19 heavy (non-hydrogen) atoms. The summed E-state index contributed by atoms with van der Waals surface area (Å²) in [5, 5.41) is 0.678. The van der Waals surface area contributed by atoms with Crippen LogP contribution in [0.25, 0.3) is 11.0 Å². The summed E-state index contributed by atoms with van der Waals surface area (Å²) < 4.78 is 2.02. The van der Waals surface area contributed by atoms with Gasteiger partial charge in [-0.15, -0.1) is 11.6 Å². The number of hydrogen-bond donors (Lipinski definition) is 0. The molecule has 4 nitrogen and oxygen atoms in total. The number of halogens is 2. The van der Waals surface area contributed by atoms with E-state index < -0.39 is 0 Å². The highest BCUT2D eigenvalue weighted by Crippen LogP contribution is 2.22. The number of rotatable bonds is 3. The van der Waals surface area contributed by atoms with E-state index in [-0.39, 0.29) is 0 Å². The highest BCUT2D eigenvalue weighted by molar-refractivity contribution is 6.31. The predicted molar refractivity (Wildman–Crippen MR) is 75.4 cm³/mol. The molecule has 0 aliphatic heterocycles. The third kappa shape index (κ3) is 2.41. The molecule has 0 amide bonds. The normalized spacial score (nSPS) is 11.1. The molecule has 2 aromatic heterocycles. The minimum atomic E-state index is 0.345. The van der Waals surface area contributed by atoms with Crippen molar-refractivity contribution in [2.45, 2.75) is 12.4 Å². The van der Waals surface area contributed by atoms with Crippen molar-refractivity contribution in [2.75, 3.05) is 0 Å². The topological polar surface area (TPSA) is 43.6 Å². The highest BCUT2D eigenvalue weighted by Gasteiger charge is 2.11. The molecule has 0 radical (unpaired) electrons. The lowest BCUT2D eigenvalue weighted by Crippen LogP contribution is -2.05. The zero-order valence-electron chi connectivity index (χ0n) is 9.92. The van der Waals surface area contributed by atoms with Gasteiger partial charge in [0.2, 0.25) is 0 Å². The smallest absolute Gasteiger partial charge is 0.125 e. The molecule has 1 aromatic carbocycles. The number of nitrogens with zero attached hydrogens (tertiary/aromatic N) is 4. The summed E-state index contributed by atoms with van der Waals surface area (Å²) in [6, 6.07) is 7.48. The van der Waals surface area contributed by atoms with Crippen molar-refractivity contribution >= 4 is 34.2 Å². The monoisotopic (exact) mass is 292 g/mol. The van der Waals surface area contributed by atoms with E-state index in [0.29, 0.717) is 17.4 Å². The van der Waals surface area contributed by atoms with Gasteiger partial charge in [-0.1, -0.05) is 11.6 Å². The molecule has 0 atom stereocenters. The summed E-state index contributed by atoms with van der Waals surface area (Å²) in [6.45, 7) is 0.599. The van der Waals surface area contributed by atoms with Gasteiger partial charge in [0.15, 0.2) is 0 Å². The first-order valence-electron chi connectivity index (χ1n) is 5.73. The molecule has 2 heterocycles. The maximum atomic E-state index is 6.05. The number of aromatic nitrogens is 4. The van der Waals surface area contributed by atoms with Crippen LogP contribution in [0, 0.1) is 0 Å². The standard InChI is InChI=1S/C13H10Cl2N4/c14-6-13-18-11-2-1-9(15)5-12(11)19(13)7-10-3-4-16-8-17-10/h1-5,8H,6-7H2. The average molecular weight is 293 g/mol. The van der Waals surface area contributed by atoms with Gasteiger partial charge in [-0.05, 0) is 24.3 Å². The molecule has 0 aliphatic carbocycles. The van der Waals surface area contributed by atoms with Crippen LogP contribution in [-0.2, 0) is 12.4 Å². The Labute approximate surface area is 120 Å². The van der Waals surface area contributed by atoms with Crippen LogP contribution >= 0.6 is 23.2 Å². The largest absolute Gasteiger partial charge is 0.321 e. The first kappa shape index (κ1) is 12.4. The van der Waals surface area contributed by atoms with Crippen LogP contribution in [0.15, 0.2) is 36.8 Å². The fourth-order valence-electron chi connectivity index (χ4n) is 2.00. The van der Waals surface area contributed by atoms with Gasteiger partial charge in [0.05, 0.1) is 29.2 Å². The zero-order chi connectivity index (χ0) is 13.2. The fourth-order valence-corrected chi connectivity index (χ4v) is 2.37. The third-order valence-electron chi connectivity index (χ3n) is 2.87. The Morgan fingerprint density at radius 2 is 2.11 bits per heavy atom. The second-order valence-electron chi connectivity index (χ2n) is 4.08. The number of fused-ring (bicyclic) bond motifs is 1. The van der Waals surface area contributed by atoms with Crippen LogP contribution in [0.3, 0.4) is 0 Å². The molecule has 0 unspecified atom stereocenters. The van der Waals surface area contributed by atoms with Crippen molar-refractivity contribution in [3.8, 4) is 0 Å². The molecule has 3 rings (SSSR count). The fraction of sp³-hybridized carbons (Fsp3) is 0.154. The summed E-state index contributed by atoms with van der Waals surface area (Å²) in [6.07, 6.45) is 3.25. The summed E-state index contributed by atoms with van der Waals surface area (Å²) in [5.74, 6) is 1.15. The molecule has 0 bridgehead atoms. The summed E-state index contributed by atoms with van der Waals surface area (Å²) in [5.41, 5.74) is 2.75. The number of benzene rings is 1. The molecule has 0 saturated heterocycles. The minimum absolute atomic E-state index is 0.345. The Morgan fingerprint density at radius 1 is 1.21 bits per heavy atom. The van der Waals surface area contributed by atoms with Crippen LogP contribution in [0.4, 0.5) is 0 Å². The number of imidazole rings is 1. The molecule has 0 spiro atoms. The number of alkyl halides is 1. The Balaban J connectivity index is 2.12. The maximum Gasteiger partial charge on any atom is 0.125 e. The molecule has 96 valence electrons. The van der Waals surface area contributed by atoms with Crippen molar-refractivity contribution in [3.05, 3.63) is 53.3 Å². The lowest BCUT2D eigenvalue weighted by molar-refractivity contribution is 0.754. The Morgan fingerprint density at radius 3 is 2.84 bits per heavy atom. The SMILES string of the molecule is ClCc1nc2ccc(Cl)cc2n1Cc1ccncn1. The van der Waals surface area contributed by atoms with Gasteiger partial charge in [-0.2, -0.15) is 0 Å². The summed E-state index contributed by atoms with van der Waals surface area (Å²) in [4.78, 5) is 12.6. The lowest BCUT2D eigenvalue weighted by Gasteiger charge is -2.06. The van der Waals surface area contributed by atoms with E-state index in [1.165, 1.54) is 6.33 Å². The molecule has 0 fully saturated rings.